The van der Waals surface area contributed by atoms with Gasteiger partial charge in [0.05, 0.1) is 0 Å². The molecule has 0 spiro atoms. The van der Waals surface area contributed by atoms with E-state index in [2.05, 4.69) is 22.9 Å². The topological polar surface area (TPSA) is 0 Å². The highest BCUT2D eigenvalue weighted by atomic mass is 19.1. The fraction of sp³-hybridized carbons (Fsp3) is 0.333. The molecule has 0 aromatic heterocycles. The predicted octanol–water partition coefficient (Wildman–Crippen LogP) is 3.04. The molecule has 0 aliphatic heterocycles. The van der Waals surface area contributed by atoms with Crippen molar-refractivity contribution < 1.29 is 9.09 Å². The zero-order valence-electron chi connectivity index (χ0n) is 6.79. The highest BCUT2D eigenvalue weighted by Crippen LogP contribution is 2.06. The van der Waals surface area contributed by atoms with Gasteiger partial charge in [-0.2, -0.15) is 4.39 Å². The van der Waals surface area contributed by atoms with E-state index in [4.69, 9.17) is 0 Å². The van der Waals surface area contributed by atoms with E-state index in [0.717, 1.165) is 0 Å². The second-order valence-electron chi connectivity index (χ2n) is 1.44. The lowest BCUT2D eigenvalue weighted by molar-refractivity contribution is 0.654. The van der Waals surface area contributed by atoms with Gasteiger partial charge in [0.1, 0.15) is 0 Å². The monoisotopic (exact) mass is 156 g/mol. The van der Waals surface area contributed by atoms with Gasteiger partial charge in [-0.15, -0.1) is 0 Å². The molecule has 1 rings (SSSR count). The first-order valence-electron chi connectivity index (χ1n) is 3.19. The van der Waals surface area contributed by atoms with Gasteiger partial charge in [-0.25, -0.2) is 0 Å². The van der Waals surface area contributed by atoms with Crippen LogP contribution in [0.1, 0.15) is 20.8 Å². The van der Waals surface area contributed by atoms with Gasteiger partial charge in [-0.05, 0) is 24.1 Å². The minimum atomic E-state index is -0.399. The van der Waals surface area contributed by atoms with Crippen molar-refractivity contribution in [3.8, 4) is 0 Å². The summed E-state index contributed by atoms with van der Waals surface area (Å²) in [5.41, 5.74) is 9.94. The van der Waals surface area contributed by atoms with Crippen LogP contribution in [-0.2, 0) is 0 Å². The molecule has 1 aliphatic carbocycles. The van der Waals surface area contributed by atoms with E-state index in [9.17, 15) is 4.39 Å². The molecule has 0 N–H and O–H groups in total. The second-order valence-corrected chi connectivity index (χ2v) is 1.44. The Bertz CT molecular complexity index is 245. The number of rotatable bonds is 0. The number of halogens is 2. The fourth-order valence-electron chi connectivity index (χ4n) is 0.360. The highest BCUT2D eigenvalue weighted by Gasteiger charge is 1.93. The molecule has 0 heterocycles. The summed E-state index contributed by atoms with van der Waals surface area (Å²) in [6, 6.07) is 0. The second kappa shape index (κ2) is 6.83. The van der Waals surface area contributed by atoms with Crippen molar-refractivity contribution in [1.29, 1.82) is 0 Å². The summed E-state index contributed by atoms with van der Waals surface area (Å²) < 4.78 is 12.2. The molecule has 0 saturated heterocycles. The minimum absolute atomic E-state index is 0. The molecule has 11 heavy (non-hydrogen) atoms. The summed E-state index contributed by atoms with van der Waals surface area (Å²) in [5, 5.41) is 0. The maximum Gasteiger partial charge on any atom is 0.185 e. The summed E-state index contributed by atoms with van der Waals surface area (Å²) in [4.78, 5) is 0. The molecule has 0 nitrogen and oxygen atoms in total. The molecule has 0 fully saturated rings. The van der Waals surface area contributed by atoms with Gasteiger partial charge in [0.15, 0.2) is 5.83 Å². The van der Waals surface area contributed by atoms with Crippen LogP contribution < -0.4 is 0 Å². The lowest BCUT2D eigenvalue weighted by Gasteiger charge is -1.84. The first kappa shape index (κ1) is 12.4. The standard InChI is InChI=1S/C7H3F.C2H6.FH/c1-6-4-2-3-5-7(6)8;1-2;/h1H3;1-2H3;1H. The molecule has 2 heteroatoms. The van der Waals surface area contributed by atoms with E-state index >= 15 is 0 Å². The van der Waals surface area contributed by atoms with Crippen LogP contribution >= 0.6 is 0 Å². The van der Waals surface area contributed by atoms with E-state index in [1.54, 1.807) is 6.92 Å². The average Bonchev–Trinajstić information content (AvgIpc) is 2.00. The molecule has 0 radical (unpaired) electrons. The van der Waals surface area contributed by atoms with Crippen LogP contribution in [0.3, 0.4) is 0 Å². The van der Waals surface area contributed by atoms with Crippen LogP contribution in [0.25, 0.3) is 0 Å². The predicted molar refractivity (Wildman–Crippen MR) is 41.7 cm³/mol. The lowest BCUT2D eigenvalue weighted by Crippen LogP contribution is -1.70. The molecular weight excluding hydrogens is 146 g/mol. The third-order valence-electron chi connectivity index (χ3n) is 0.814. The molecule has 0 aromatic carbocycles. The van der Waals surface area contributed by atoms with E-state index in [1.165, 1.54) is 0 Å². The van der Waals surface area contributed by atoms with Crippen LogP contribution in [0.5, 0.6) is 0 Å². The summed E-state index contributed by atoms with van der Waals surface area (Å²) in [7, 11) is 0. The Morgan fingerprint density at radius 2 is 1.55 bits per heavy atom. The first-order chi connectivity index (χ1) is 4.80. The zero-order valence-corrected chi connectivity index (χ0v) is 6.79. The van der Waals surface area contributed by atoms with Gasteiger partial charge in [0, 0.05) is 5.57 Å². The van der Waals surface area contributed by atoms with Crippen LogP contribution in [0.4, 0.5) is 9.09 Å². The molecule has 1 aliphatic rings. The third kappa shape index (κ3) is 4.17. The van der Waals surface area contributed by atoms with Crippen molar-refractivity contribution in [1.82, 2.24) is 0 Å². The normalized spacial score (nSPS) is 10.5. The largest absolute Gasteiger partial charge is 0.269 e. The number of hydrogen-bond donors (Lipinski definition) is 0. The van der Waals surface area contributed by atoms with Gasteiger partial charge < -0.3 is 0 Å². The van der Waals surface area contributed by atoms with Gasteiger partial charge in [0.2, 0.25) is 0 Å². The molecule has 0 bridgehead atoms. The van der Waals surface area contributed by atoms with Crippen LogP contribution in [0.2, 0.25) is 0 Å². The maximum absolute atomic E-state index is 12.2. The van der Waals surface area contributed by atoms with E-state index in [1.807, 2.05) is 13.8 Å². The van der Waals surface area contributed by atoms with Crippen molar-refractivity contribution in [2.75, 3.05) is 0 Å². The van der Waals surface area contributed by atoms with Crippen molar-refractivity contribution in [3.63, 3.8) is 0 Å². The van der Waals surface area contributed by atoms with Crippen molar-refractivity contribution in [2.24, 2.45) is 0 Å². The van der Waals surface area contributed by atoms with Gasteiger partial charge >= 0.3 is 0 Å². The molecule has 0 unspecified atom stereocenters. The molecule has 60 valence electrons. The van der Waals surface area contributed by atoms with Crippen molar-refractivity contribution in [3.05, 3.63) is 34.3 Å². The smallest absolute Gasteiger partial charge is 0.185 e. The van der Waals surface area contributed by atoms with Crippen LogP contribution in [-0.4, -0.2) is 0 Å². The zero-order chi connectivity index (χ0) is 7.98. The summed E-state index contributed by atoms with van der Waals surface area (Å²) >= 11 is 0. The van der Waals surface area contributed by atoms with Gasteiger partial charge in [-0.1, -0.05) is 19.6 Å². The summed E-state index contributed by atoms with van der Waals surface area (Å²) in [5.74, 6) is -0.399. The van der Waals surface area contributed by atoms with E-state index in [-0.39, 0.29) is 4.70 Å². The Morgan fingerprint density at radius 3 is 1.82 bits per heavy atom. The molecule has 0 saturated carbocycles. The number of hydrogen-bond acceptors (Lipinski definition) is 0. The van der Waals surface area contributed by atoms with Gasteiger partial charge in [0.25, 0.3) is 0 Å². The van der Waals surface area contributed by atoms with Crippen molar-refractivity contribution >= 4 is 0 Å². The Hall–Kier alpha value is -1.28. The Balaban J connectivity index is 0. The van der Waals surface area contributed by atoms with E-state index < -0.39 is 5.83 Å². The number of allylic oxidation sites excluding steroid dienone is 2. The average molecular weight is 156 g/mol. The third-order valence-corrected chi connectivity index (χ3v) is 0.814. The van der Waals surface area contributed by atoms with Crippen LogP contribution in [0, 0.1) is 0 Å². The SMILES string of the molecule is CC.CC1=C=C=C=C=C1F.F. The van der Waals surface area contributed by atoms with Crippen LogP contribution in [0.15, 0.2) is 34.3 Å². The molecule has 0 amide bonds. The Kier molecular flexibility index (Phi) is 7.71. The summed E-state index contributed by atoms with van der Waals surface area (Å²) in [6.45, 7) is 5.61. The van der Waals surface area contributed by atoms with Gasteiger partial charge in [-0.3, -0.25) is 4.70 Å². The quantitative estimate of drug-likeness (QED) is 0.473. The fourth-order valence-corrected chi connectivity index (χ4v) is 0.360. The minimum Gasteiger partial charge on any atom is -0.269 e. The molecular formula is C9H10F2. The highest BCUT2D eigenvalue weighted by molar-refractivity contribution is 5.23. The molecule has 0 aromatic rings. The summed E-state index contributed by atoms with van der Waals surface area (Å²) in [6.07, 6.45) is 0. The first-order valence-corrected chi connectivity index (χ1v) is 3.19. The Labute approximate surface area is 65.1 Å². The lowest BCUT2D eigenvalue weighted by atomic mass is 10.3. The van der Waals surface area contributed by atoms with Crippen molar-refractivity contribution in [2.45, 2.75) is 20.8 Å². The van der Waals surface area contributed by atoms with E-state index in [0.29, 0.717) is 5.57 Å². The molecule has 0 atom stereocenters. The Morgan fingerprint density at radius 1 is 1.09 bits per heavy atom. The maximum atomic E-state index is 12.2.